The number of piperazine rings is 1. The predicted octanol–water partition coefficient (Wildman–Crippen LogP) is 2.93. The number of nitro groups is 1. The molecule has 2 aromatic rings. The Balaban J connectivity index is 1.72. The van der Waals surface area contributed by atoms with Crippen LogP contribution in [0.3, 0.4) is 0 Å². The van der Waals surface area contributed by atoms with Gasteiger partial charge in [-0.3, -0.25) is 15.0 Å². The van der Waals surface area contributed by atoms with Gasteiger partial charge >= 0.3 is 0 Å². The Kier molecular flexibility index (Phi) is 5.58. The highest BCUT2D eigenvalue weighted by Gasteiger charge is 2.23. The number of benzene rings is 2. The Morgan fingerprint density at radius 1 is 1.00 bits per heavy atom. The van der Waals surface area contributed by atoms with Crippen LogP contribution in [0.5, 0.6) is 11.5 Å². The molecule has 0 amide bonds. The van der Waals surface area contributed by atoms with Crippen molar-refractivity contribution in [3.63, 3.8) is 0 Å². The highest BCUT2D eigenvalue weighted by molar-refractivity contribution is 5.54. The Hall–Kier alpha value is -2.80. The summed E-state index contributed by atoms with van der Waals surface area (Å²) in [6.45, 7) is 4.00. The highest BCUT2D eigenvalue weighted by Crippen LogP contribution is 2.35. The van der Waals surface area contributed by atoms with Crippen LogP contribution in [0, 0.1) is 10.1 Å². The minimum Gasteiger partial charge on any atom is -0.493 e. The van der Waals surface area contributed by atoms with Gasteiger partial charge in [0, 0.05) is 44.0 Å². The number of nitrogens with zero attached hydrogens (tertiary/aromatic N) is 3. The number of rotatable bonds is 6. The van der Waals surface area contributed by atoms with Crippen molar-refractivity contribution in [3.8, 4) is 11.5 Å². The van der Waals surface area contributed by atoms with Crippen LogP contribution in [0.4, 0.5) is 11.4 Å². The number of para-hydroxylation sites is 1. The fourth-order valence-corrected chi connectivity index (χ4v) is 3.25. The lowest BCUT2D eigenvalue weighted by atomic mass is 10.1. The van der Waals surface area contributed by atoms with Crippen LogP contribution in [0.1, 0.15) is 5.56 Å². The zero-order valence-corrected chi connectivity index (χ0v) is 15.1. The van der Waals surface area contributed by atoms with Crippen molar-refractivity contribution >= 4 is 11.4 Å². The van der Waals surface area contributed by atoms with E-state index in [2.05, 4.69) is 21.9 Å². The Labute approximate surface area is 152 Å². The van der Waals surface area contributed by atoms with Crippen molar-refractivity contribution < 1.29 is 14.4 Å². The zero-order chi connectivity index (χ0) is 18.5. The first-order valence-electron chi connectivity index (χ1n) is 8.54. The van der Waals surface area contributed by atoms with Crippen molar-refractivity contribution in [1.29, 1.82) is 0 Å². The molecule has 1 aliphatic rings. The topological polar surface area (TPSA) is 68.1 Å². The van der Waals surface area contributed by atoms with Gasteiger partial charge in [0.25, 0.3) is 5.69 Å². The standard InChI is InChI=1S/C19H23N3O4/c1-25-18-12-15(17(22(23)24)13-19(18)26-2)14-20-8-10-21(11-9-20)16-6-4-3-5-7-16/h3-7,12-13H,8-11,14H2,1-2H3. The molecule has 0 aliphatic carbocycles. The first kappa shape index (κ1) is 18.0. The van der Waals surface area contributed by atoms with Gasteiger partial charge in [0.05, 0.1) is 25.2 Å². The van der Waals surface area contributed by atoms with Gasteiger partial charge < -0.3 is 14.4 Å². The maximum atomic E-state index is 11.5. The van der Waals surface area contributed by atoms with Crippen molar-refractivity contribution in [2.45, 2.75) is 6.54 Å². The Bertz CT molecular complexity index is 759. The summed E-state index contributed by atoms with van der Waals surface area (Å²) in [6, 6.07) is 13.4. The molecular weight excluding hydrogens is 334 g/mol. The molecule has 0 unspecified atom stereocenters. The largest absolute Gasteiger partial charge is 0.493 e. The van der Waals surface area contributed by atoms with E-state index in [1.807, 2.05) is 18.2 Å². The van der Waals surface area contributed by atoms with E-state index in [0.717, 1.165) is 26.2 Å². The maximum Gasteiger partial charge on any atom is 0.277 e. The van der Waals surface area contributed by atoms with Gasteiger partial charge in [-0.15, -0.1) is 0 Å². The summed E-state index contributed by atoms with van der Waals surface area (Å²) in [7, 11) is 3.01. The Morgan fingerprint density at radius 2 is 1.62 bits per heavy atom. The molecule has 7 heteroatoms. The molecule has 0 aromatic heterocycles. The molecule has 26 heavy (non-hydrogen) atoms. The molecule has 7 nitrogen and oxygen atoms in total. The van der Waals surface area contributed by atoms with Gasteiger partial charge in [-0.05, 0) is 18.2 Å². The van der Waals surface area contributed by atoms with Crippen LogP contribution in [0.2, 0.25) is 0 Å². The Morgan fingerprint density at radius 3 is 2.19 bits per heavy atom. The third-order valence-corrected chi connectivity index (χ3v) is 4.67. The van der Waals surface area contributed by atoms with E-state index < -0.39 is 0 Å². The molecule has 1 aliphatic heterocycles. The van der Waals surface area contributed by atoms with E-state index in [1.54, 1.807) is 6.07 Å². The molecule has 138 valence electrons. The van der Waals surface area contributed by atoms with Gasteiger partial charge in [0.1, 0.15) is 0 Å². The monoisotopic (exact) mass is 357 g/mol. The zero-order valence-electron chi connectivity index (χ0n) is 15.1. The minimum absolute atomic E-state index is 0.0631. The van der Waals surface area contributed by atoms with Crippen LogP contribution in [0.15, 0.2) is 42.5 Å². The van der Waals surface area contributed by atoms with E-state index >= 15 is 0 Å². The average molecular weight is 357 g/mol. The lowest BCUT2D eigenvalue weighted by molar-refractivity contribution is -0.385. The van der Waals surface area contributed by atoms with Crippen LogP contribution in [0.25, 0.3) is 0 Å². The molecule has 3 rings (SSSR count). The van der Waals surface area contributed by atoms with Crippen molar-refractivity contribution in [2.24, 2.45) is 0 Å². The first-order valence-corrected chi connectivity index (χ1v) is 8.54. The molecule has 1 heterocycles. The summed E-state index contributed by atoms with van der Waals surface area (Å²) < 4.78 is 10.5. The van der Waals surface area contributed by atoms with Crippen LogP contribution < -0.4 is 14.4 Å². The molecule has 2 aromatic carbocycles. The molecule has 0 atom stereocenters. The van der Waals surface area contributed by atoms with Crippen molar-refractivity contribution in [2.75, 3.05) is 45.3 Å². The van der Waals surface area contributed by atoms with Gasteiger partial charge in [0.15, 0.2) is 11.5 Å². The van der Waals surface area contributed by atoms with Gasteiger partial charge in [0.2, 0.25) is 0 Å². The number of hydrogen-bond acceptors (Lipinski definition) is 6. The molecule has 0 bridgehead atoms. The van der Waals surface area contributed by atoms with E-state index in [1.165, 1.54) is 26.0 Å². The quantitative estimate of drug-likeness (QED) is 0.585. The SMILES string of the molecule is COc1cc(CN2CCN(c3ccccc3)CC2)c([N+](=O)[O-])cc1OC. The molecular formula is C19H23N3O4. The van der Waals surface area contributed by atoms with Crippen molar-refractivity contribution in [1.82, 2.24) is 4.90 Å². The van der Waals surface area contributed by atoms with Gasteiger partial charge in [-0.25, -0.2) is 0 Å². The summed E-state index contributed by atoms with van der Waals surface area (Å²) >= 11 is 0. The summed E-state index contributed by atoms with van der Waals surface area (Å²) in [4.78, 5) is 15.6. The van der Waals surface area contributed by atoms with Gasteiger partial charge in [-0.2, -0.15) is 0 Å². The van der Waals surface area contributed by atoms with E-state index in [-0.39, 0.29) is 10.6 Å². The molecule has 0 N–H and O–H groups in total. The number of anilines is 1. The summed E-state index contributed by atoms with van der Waals surface area (Å²) in [5.41, 5.74) is 1.91. The van der Waals surface area contributed by atoms with Gasteiger partial charge in [-0.1, -0.05) is 18.2 Å². The molecule has 1 fully saturated rings. The number of hydrogen-bond donors (Lipinski definition) is 0. The lowest BCUT2D eigenvalue weighted by Crippen LogP contribution is -2.46. The van der Waals surface area contributed by atoms with E-state index in [9.17, 15) is 10.1 Å². The summed E-state index contributed by atoms with van der Waals surface area (Å²) in [5, 5.41) is 11.5. The third-order valence-electron chi connectivity index (χ3n) is 4.67. The second-order valence-electron chi connectivity index (χ2n) is 6.19. The highest BCUT2D eigenvalue weighted by atomic mass is 16.6. The second-order valence-corrected chi connectivity index (χ2v) is 6.19. The fourth-order valence-electron chi connectivity index (χ4n) is 3.25. The lowest BCUT2D eigenvalue weighted by Gasteiger charge is -2.36. The minimum atomic E-state index is -0.364. The second kappa shape index (κ2) is 8.05. The maximum absolute atomic E-state index is 11.5. The molecule has 0 spiro atoms. The molecule has 0 saturated carbocycles. The number of nitro benzene ring substituents is 1. The smallest absolute Gasteiger partial charge is 0.277 e. The molecule has 0 radical (unpaired) electrons. The van der Waals surface area contributed by atoms with Crippen LogP contribution >= 0.6 is 0 Å². The molecule has 1 saturated heterocycles. The van der Waals surface area contributed by atoms with Crippen LogP contribution in [-0.4, -0.2) is 50.2 Å². The fraction of sp³-hybridized carbons (Fsp3) is 0.368. The average Bonchev–Trinajstić information content (AvgIpc) is 2.68. The summed E-state index contributed by atoms with van der Waals surface area (Å²) in [5.74, 6) is 0.882. The number of methoxy groups -OCH3 is 2. The third kappa shape index (κ3) is 3.88. The number of ether oxygens (including phenoxy) is 2. The van der Waals surface area contributed by atoms with E-state index in [0.29, 0.717) is 23.6 Å². The van der Waals surface area contributed by atoms with Crippen LogP contribution in [-0.2, 0) is 6.54 Å². The predicted molar refractivity (Wildman–Crippen MR) is 100 cm³/mol. The first-order chi connectivity index (χ1) is 12.6. The van der Waals surface area contributed by atoms with E-state index in [4.69, 9.17) is 9.47 Å². The summed E-state index contributed by atoms with van der Waals surface area (Å²) in [6.07, 6.45) is 0. The van der Waals surface area contributed by atoms with Crippen molar-refractivity contribution in [3.05, 3.63) is 58.1 Å². The normalized spacial score (nSPS) is 14.9.